The first-order chi connectivity index (χ1) is 11.6. The Morgan fingerprint density at radius 1 is 1.33 bits per heavy atom. The number of carbonyl (C=O) groups is 1. The molecule has 2 atom stereocenters. The maximum absolute atomic E-state index is 12.6. The van der Waals surface area contributed by atoms with Crippen molar-refractivity contribution in [2.45, 2.75) is 51.2 Å². The summed E-state index contributed by atoms with van der Waals surface area (Å²) in [4.78, 5) is 17.1. The predicted octanol–water partition coefficient (Wildman–Crippen LogP) is 2.62. The van der Waals surface area contributed by atoms with Crippen molar-refractivity contribution in [2.24, 2.45) is 0 Å². The van der Waals surface area contributed by atoms with Crippen molar-refractivity contribution in [1.82, 2.24) is 20.2 Å². The third kappa shape index (κ3) is 3.85. The molecule has 2 aromatic rings. The Morgan fingerprint density at radius 2 is 2.12 bits per heavy atom. The smallest absolute Gasteiger partial charge is 0.241 e. The topological polar surface area (TPSA) is 59.0 Å². The predicted molar refractivity (Wildman–Crippen MR) is 94.7 cm³/mol. The maximum Gasteiger partial charge on any atom is 0.241 e. The molecule has 5 heteroatoms. The Kier molecular flexibility index (Phi) is 5.30. The van der Waals surface area contributed by atoms with Gasteiger partial charge in [0.2, 0.25) is 5.91 Å². The van der Waals surface area contributed by atoms with Crippen LogP contribution in [0.3, 0.4) is 0 Å². The molecule has 0 aliphatic carbocycles. The van der Waals surface area contributed by atoms with Gasteiger partial charge in [-0.05, 0) is 32.3 Å². The summed E-state index contributed by atoms with van der Waals surface area (Å²) in [5.74, 6) is 1.51. The lowest BCUT2D eigenvalue weighted by Gasteiger charge is -2.26. The van der Waals surface area contributed by atoms with Crippen molar-refractivity contribution in [3.05, 3.63) is 54.1 Å². The Balaban J connectivity index is 1.72. The molecule has 0 radical (unpaired) electrons. The summed E-state index contributed by atoms with van der Waals surface area (Å²) in [6, 6.07) is 9.70. The first-order valence-electron chi connectivity index (χ1n) is 8.75. The first-order valence-corrected chi connectivity index (χ1v) is 8.75. The van der Waals surface area contributed by atoms with Gasteiger partial charge in [0.05, 0.1) is 0 Å². The fraction of sp³-hybridized carbons (Fsp3) is 0.474. The number of hydrogen-bond acceptors (Lipinski definition) is 3. The van der Waals surface area contributed by atoms with Gasteiger partial charge in [0.15, 0.2) is 0 Å². The van der Waals surface area contributed by atoms with Gasteiger partial charge in [-0.15, -0.1) is 0 Å². The second-order valence-corrected chi connectivity index (χ2v) is 6.73. The molecule has 0 spiro atoms. The molecule has 24 heavy (non-hydrogen) atoms. The van der Waals surface area contributed by atoms with Crippen LogP contribution < -0.4 is 10.6 Å². The molecule has 1 aliphatic rings. The Bertz CT molecular complexity index is 665. The lowest BCUT2D eigenvalue weighted by atomic mass is 9.97. The number of imidazole rings is 1. The summed E-state index contributed by atoms with van der Waals surface area (Å²) in [5.41, 5.74) is 0.995. The van der Waals surface area contributed by atoms with Gasteiger partial charge in [0.1, 0.15) is 11.9 Å². The van der Waals surface area contributed by atoms with Crippen LogP contribution in [0.25, 0.3) is 0 Å². The minimum absolute atomic E-state index is 0.0235. The Labute approximate surface area is 143 Å². The van der Waals surface area contributed by atoms with E-state index in [1.54, 1.807) is 0 Å². The van der Waals surface area contributed by atoms with Crippen LogP contribution in [0.2, 0.25) is 0 Å². The zero-order valence-electron chi connectivity index (χ0n) is 14.4. The second kappa shape index (κ2) is 7.62. The zero-order valence-corrected chi connectivity index (χ0v) is 14.4. The van der Waals surface area contributed by atoms with Gasteiger partial charge in [0, 0.05) is 37.4 Å². The average Bonchev–Trinajstić information content (AvgIpc) is 3.05. The molecule has 2 unspecified atom stereocenters. The van der Waals surface area contributed by atoms with E-state index in [-0.39, 0.29) is 18.0 Å². The molecule has 0 fully saturated rings. The van der Waals surface area contributed by atoms with E-state index in [1.807, 2.05) is 56.6 Å². The van der Waals surface area contributed by atoms with E-state index >= 15 is 0 Å². The standard InChI is InChI=1S/C19H26N4O/c1-14(2)22-19(24)17(15-7-4-3-5-8-15)21-13-16-9-6-11-23-12-10-20-18(16)23/h3-5,7-8,10,12,14,16-17,21H,6,9,11,13H2,1-2H3,(H,22,24). The molecule has 1 aromatic heterocycles. The van der Waals surface area contributed by atoms with Crippen molar-refractivity contribution in [3.8, 4) is 0 Å². The van der Waals surface area contributed by atoms with Crippen molar-refractivity contribution in [1.29, 1.82) is 0 Å². The van der Waals surface area contributed by atoms with Crippen LogP contribution in [0.5, 0.6) is 0 Å². The van der Waals surface area contributed by atoms with E-state index in [0.29, 0.717) is 5.92 Å². The summed E-state index contributed by atoms with van der Waals surface area (Å²) < 4.78 is 2.22. The normalized spacial score (nSPS) is 18.2. The average molecular weight is 326 g/mol. The van der Waals surface area contributed by atoms with Gasteiger partial charge in [-0.1, -0.05) is 30.3 Å². The molecule has 0 bridgehead atoms. The molecule has 0 saturated carbocycles. The van der Waals surface area contributed by atoms with E-state index < -0.39 is 0 Å². The monoisotopic (exact) mass is 326 g/mol. The highest BCUT2D eigenvalue weighted by Crippen LogP contribution is 2.26. The van der Waals surface area contributed by atoms with Gasteiger partial charge in [-0.25, -0.2) is 4.98 Å². The Morgan fingerprint density at radius 3 is 2.88 bits per heavy atom. The number of benzene rings is 1. The number of rotatable bonds is 6. The van der Waals surface area contributed by atoms with Crippen LogP contribution in [0.1, 0.15) is 50.0 Å². The minimum atomic E-state index is -0.334. The number of nitrogens with zero attached hydrogens (tertiary/aromatic N) is 2. The number of aryl methyl sites for hydroxylation is 1. The summed E-state index contributed by atoms with van der Waals surface area (Å²) in [7, 11) is 0. The van der Waals surface area contributed by atoms with E-state index in [2.05, 4.69) is 20.2 Å². The number of nitrogens with one attached hydrogen (secondary N) is 2. The van der Waals surface area contributed by atoms with Crippen LogP contribution in [0.4, 0.5) is 0 Å². The van der Waals surface area contributed by atoms with Gasteiger partial charge < -0.3 is 15.2 Å². The lowest BCUT2D eigenvalue weighted by molar-refractivity contribution is -0.123. The number of aromatic nitrogens is 2. The number of fused-ring (bicyclic) bond motifs is 1. The van der Waals surface area contributed by atoms with Gasteiger partial charge in [0.25, 0.3) is 0 Å². The third-order valence-corrected chi connectivity index (χ3v) is 4.46. The van der Waals surface area contributed by atoms with Gasteiger partial charge in [-0.3, -0.25) is 4.79 Å². The molecule has 2 heterocycles. The summed E-state index contributed by atoms with van der Waals surface area (Å²) in [6.07, 6.45) is 6.18. The van der Waals surface area contributed by atoms with Gasteiger partial charge in [-0.2, -0.15) is 0 Å². The summed E-state index contributed by atoms with van der Waals surface area (Å²) in [5, 5.41) is 6.50. The highest BCUT2D eigenvalue weighted by atomic mass is 16.2. The quantitative estimate of drug-likeness (QED) is 0.858. The largest absolute Gasteiger partial charge is 0.352 e. The van der Waals surface area contributed by atoms with Crippen molar-refractivity contribution < 1.29 is 4.79 Å². The van der Waals surface area contributed by atoms with Crippen LogP contribution in [-0.4, -0.2) is 28.0 Å². The molecule has 2 N–H and O–H groups in total. The number of hydrogen-bond donors (Lipinski definition) is 2. The summed E-state index contributed by atoms with van der Waals surface area (Å²) >= 11 is 0. The third-order valence-electron chi connectivity index (χ3n) is 4.46. The molecule has 1 aliphatic heterocycles. The molecule has 5 nitrogen and oxygen atoms in total. The fourth-order valence-electron chi connectivity index (χ4n) is 3.34. The molecule has 0 saturated heterocycles. The molecule has 128 valence electrons. The maximum atomic E-state index is 12.6. The van der Waals surface area contributed by atoms with E-state index in [9.17, 15) is 4.79 Å². The van der Waals surface area contributed by atoms with Gasteiger partial charge >= 0.3 is 0 Å². The number of amides is 1. The SMILES string of the molecule is CC(C)NC(=O)C(NCC1CCCn2ccnc21)c1ccccc1. The van der Waals surface area contributed by atoms with E-state index in [4.69, 9.17) is 0 Å². The first kappa shape index (κ1) is 16.7. The highest BCUT2D eigenvalue weighted by molar-refractivity contribution is 5.83. The van der Waals surface area contributed by atoms with Crippen LogP contribution in [-0.2, 0) is 11.3 Å². The van der Waals surface area contributed by atoms with Crippen LogP contribution in [0.15, 0.2) is 42.7 Å². The van der Waals surface area contributed by atoms with Crippen molar-refractivity contribution >= 4 is 5.91 Å². The highest BCUT2D eigenvalue weighted by Gasteiger charge is 2.25. The van der Waals surface area contributed by atoms with E-state index in [0.717, 1.165) is 37.3 Å². The Hall–Kier alpha value is -2.14. The minimum Gasteiger partial charge on any atom is -0.352 e. The fourth-order valence-corrected chi connectivity index (χ4v) is 3.34. The number of carbonyl (C=O) groups excluding carboxylic acids is 1. The molecular formula is C19H26N4O. The van der Waals surface area contributed by atoms with Crippen molar-refractivity contribution in [3.63, 3.8) is 0 Å². The summed E-state index contributed by atoms with van der Waals surface area (Å²) in [6.45, 7) is 5.76. The second-order valence-electron chi connectivity index (χ2n) is 6.73. The van der Waals surface area contributed by atoms with E-state index in [1.165, 1.54) is 0 Å². The molecule has 1 aromatic carbocycles. The molecular weight excluding hydrogens is 300 g/mol. The zero-order chi connectivity index (χ0) is 16.9. The van der Waals surface area contributed by atoms with Crippen LogP contribution in [0, 0.1) is 0 Å². The molecule has 1 amide bonds. The van der Waals surface area contributed by atoms with Crippen LogP contribution >= 0.6 is 0 Å². The molecule has 3 rings (SSSR count). The lowest BCUT2D eigenvalue weighted by Crippen LogP contribution is -2.42. The van der Waals surface area contributed by atoms with Crippen molar-refractivity contribution in [2.75, 3.05) is 6.54 Å².